The van der Waals surface area contributed by atoms with Gasteiger partial charge in [0, 0.05) is 52.8 Å². The Kier molecular flexibility index (Phi) is 15.9. The van der Waals surface area contributed by atoms with Gasteiger partial charge in [0.25, 0.3) is 11.1 Å². The Morgan fingerprint density at radius 1 is 0.821 bits per heavy atom. The third-order valence-electron chi connectivity index (χ3n) is 11.1. The molecule has 4 aromatic carbocycles. The number of amides is 1. The Morgan fingerprint density at radius 3 is 1.87 bits per heavy atom. The number of nitriles is 1. The van der Waals surface area contributed by atoms with Crippen LogP contribution < -0.4 is 27.5 Å². The average Bonchev–Trinajstić information content (AvgIpc) is 3.64. The zero-order chi connectivity index (χ0) is 47.1. The van der Waals surface area contributed by atoms with E-state index in [0.717, 1.165) is 83.2 Å². The number of hydrogen-bond acceptors (Lipinski definition) is 8. The molecule has 0 aliphatic heterocycles. The molecule has 12 nitrogen and oxygen atoms in total. The molecule has 0 spiro atoms. The number of carbonyl (C=O) groups is 1. The van der Waals surface area contributed by atoms with E-state index in [0.29, 0.717) is 33.9 Å². The molecule has 67 heavy (non-hydrogen) atoms. The van der Waals surface area contributed by atoms with E-state index < -0.39 is 22.8 Å². The van der Waals surface area contributed by atoms with Gasteiger partial charge in [-0.1, -0.05) is 54.9 Å². The molecule has 0 radical (unpaired) electrons. The normalized spacial score (nSPS) is 14.5. The number of nitrogens with one attached hydrogen (secondary N) is 3. The number of carbonyl (C=O) groups excluding carboxylic acids is 1. The number of ether oxygens (including phenoxy) is 1. The van der Waals surface area contributed by atoms with Crippen molar-refractivity contribution in [1.82, 2.24) is 24.6 Å². The van der Waals surface area contributed by atoms with Gasteiger partial charge in [0.05, 0.1) is 24.0 Å². The molecule has 7 aromatic rings. The van der Waals surface area contributed by atoms with Gasteiger partial charge in [0.2, 0.25) is 0 Å². The summed E-state index contributed by atoms with van der Waals surface area (Å²) in [7, 11) is 0. The molecule has 348 valence electrons. The second-order valence-corrected chi connectivity index (χ2v) is 18.1. The topological polar surface area (TPSA) is 173 Å². The number of fused-ring (bicyclic) bond motifs is 1. The highest BCUT2D eigenvalue weighted by atomic mass is 35.5. The first-order valence-electron chi connectivity index (χ1n) is 21.3. The van der Waals surface area contributed by atoms with Gasteiger partial charge in [-0.2, -0.15) is 10.4 Å². The van der Waals surface area contributed by atoms with Gasteiger partial charge in [0.1, 0.15) is 28.9 Å². The van der Waals surface area contributed by atoms with Crippen LogP contribution in [0.3, 0.4) is 0 Å². The highest BCUT2D eigenvalue weighted by Crippen LogP contribution is 2.34. The summed E-state index contributed by atoms with van der Waals surface area (Å²) in [4.78, 5) is 36.9. The fourth-order valence-electron chi connectivity index (χ4n) is 7.89. The lowest BCUT2D eigenvalue weighted by Crippen LogP contribution is -2.41. The van der Waals surface area contributed by atoms with Crippen LogP contribution in [-0.4, -0.2) is 43.6 Å². The third-order valence-corrected chi connectivity index (χ3v) is 11.6. The van der Waals surface area contributed by atoms with Crippen molar-refractivity contribution < 1.29 is 18.3 Å². The van der Waals surface area contributed by atoms with E-state index in [1.54, 1.807) is 28.8 Å². The minimum atomic E-state index is -0.940. The van der Waals surface area contributed by atoms with Crippen molar-refractivity contribution in [3.8, 4) is 28.3 Å². The molecule has 5 N–H and O–H groups in total. The summed E-state index contributed by atoms with van der Waals surface area (Å²) in [5.74, 6) is -0.987. The molecule has 0 unspecified atom stereocenters. The molecule has 16 heteroatoms. The van der Waals surface area contributed by atoms with Gasteiger partial charge in [-0.05, 0) is 146 Å². The molecule has 0 atom stereocenters. The fourth-order valence-corrected chi connectivity index (χ4v) is 8.32. The van der Waals surface area contributed by atoms with Gasteiger partial charge in [-0.15, -0.1) is 0 Å². The molecule has 0 bridgehead atoms. The van der Waals surface area contributed by atoms with Gasteiger partial charge in [0.15, 0.2) is 5.82 Å². The van der Waals surface area contributed by atoms with Gasteiger partial charge < -0.3 is 30.2 Å². The zero-order valence-electron chi connectivity index (χ0n) is 36.5. The molecule has 1 fully saturated rings. The van der Waals surface area contributed by atoms with Crippen molar-refractivity contribution in [2.45, 2.75) is 78.6 Å². The Balaban J connectivity index is 0.000000244. The van der Waals surface area contributed by atoms with Crippen LogP contribution in [0, 0.1) is 28.9 Å². The second-order valence-electron chi connectivity index (χ2n) is 17.3. The summed E-state index contributed by atoms with van der Waals surface area (Å²) >= 11 is 12.1. The van der Waals surface area contributed by atoms with Crippen molar-refractivity contribution in [3.63, 3.8) is 0 Å². The molecule has 8 rings (SSSR count). The van der Waals surface area contributed by atoms with Crippen molar-refractivity contribution in [1.29, 1.82) is 5.26 Å². The maximum absolute atomic E-state index is 13.8. The van der Waals surface area contributed by atoms with Crippen molar-refractivity contribution >= 4 is 51.7 Å². The predicted molar refractivity (Wildman–Crippen MR) is 262 cm³/mol. The highest BCUT2D eigenvalue weighted by molar-refractivity contribution is 6.30. The number of hydrogen-bond donors (Lipinski definition) is 4. The maximum atomic E-state index is 13.8. The van der Waals surface area contributed by atoms with Crippen LogP contribution in [0.5, 0.6) is 0 Å². The number of aromatic nitrogens is 4. The molecule has 3 aromatic heterocycles. The molecular formula is C51H52Cl2F2N8O4. The van der Waals surface area contributed by atoms with Crippen LogP contribution >= 0.6 is 23.2 Å². The lowest BCUT2D eigenvalue weighted by molar-refractivity contribution is 0.0488. The molecule has 1 aliphatic carbocycles. The lowest BCUT2D eigenvalue weighted by atomic mass is 9.86. The summed E-state index contributed by atoms with van der Waals surface area (Å²) in [6, 6.07) is 28.6. The fraction of sp³-hybridized carbons (Fsp3) is 0.275. The first kappa shape index (κ1) is 49.5. The van der Waals surface area contributed by atoms with E-state index in [1.165, 1.54) is 29.0 Å². The molecule has 1 saturated carbocycles. The number of nitrogens with zero attached hydrogens (tertiary/aromatic N) is 4. The number of nitrogens with two attached hydrogens (primary N) is 1. The summed E-state index contributed by atoms with van der Waals surface area (Å²) in [5, 5.41) is 24.7. The number of aromatic amines is 1. The lowest BCUT2D eigenvalue weighted by Gasteiger charge is -2.30. The number of H-pyrrole nitrogens is 1. The van der Waals surface area contributed by atoms with Crippen molar-refractivity contribution in [3.05, 3.63) is 169 Å². The van der Waals surface area contributed by atoms with E-state index in [2.05, 4.69) is 26.9 Å². The average molecular weight is 950 g/mol. The van der Waals surface area contributed by atoms with Gasteiger partial charge >= 0.3 is 6.09 Å². The highest BCUT2D eigenvalue weighted by Gasteiger charge is 2.25. The van der Waals surface area contributed by atoms with Crippen LogP contribution in [0.1, 0.15) is 70.6 Å². The molecule has 1 aliphatic rings. The minimum absolute atomic E-state index is 0. The predicted octanol–water partition coefficient (Wildman–Crippen LogP) is 11.2. The van der Waals surface area contributed by atoms with E-state index in [9.17, 15) is 23.2 Å². The van der Waals surface area contributed by atoms with Crippen LogP contribution in [0.2, 0.25) is 10.0 Å². The molecule has 0 saturated heterocycles. The largest absolute Gasteiger partial charge is 0.444 e. The first-order valence-corrected chi connectivity index (χ1v) is 22.1. The van der Waals surface area contributed by atoms with Crippen LogP contribution in [0.25, 0.3) is 33.2 Å². The van der Waals surface area contributed by atoms with E-state index >= 15 is 0 Å². The van der Waals surface area contributed by atoms with Crippen LogP contribution in [0.15, 0.2) is 119 Å². The van der Waals surface area contributed by atoms with E-state index in [-0.39, 0.29) is 42.8 Å². The SMILES string of the molecule is C.CC(C)(C)OC(=O)NC1CCC(CNc2cc(-c3ccc(=O)n(Cc4cccc(Cl)c4)c3)cc3[nH]nc(N)c23)CC1.N#Cc1c(F)cc(-c2ccc(=O)n(Cc3cccc(Cl)c3)c2)cc1F. The first-order chi connectivity index (χ1) is 31.5. The van der Waals surface area contributed by atoms with E-state index in [1.807, 2.05) is 69.4 Å². The van der Waals surface area contributed by atoms with Crippen LogP contribution in [-0.2, 0) is 17.8 Å². The Labute approximate surface area is 397 Å². The number of pyridine rings is 2. The maximum Gasteiger partial charge on any atom is 0.407 e. The summed E-state index contributed by atoms with van der Waals surface area (Å²) in [6.45, 7) is 7.07. The van der Waals surface area contributed by atoms with Gasteiger partial charge in [-0.25, -0.2) is 13.6 Å². The molecule has 3 heterocycles. The van der Waals surface area contributed by atoms with Gasteiger partial charge in [-0.3, -0.25) is 14.7 Å². The monoisotopic (exact) mass is 948 g/mol. The number of halogens is 4. The number of alkyl carbamates (subject to hydrolysis) is 1. The zero-order valence-corrected chi connectivity index (χ0v) is 38.0. The smallest absolute Gasteiger partial charge is 0.407 e. The quantitative estimate of drug-likeness (QED) is 0.105. The Morgan fingerprint density at radius 2 is 1.36 bits per heavy atom. The summed E-state index contributed by atoms with van der Waals surface area (Å²) < 4.78 is 36.2. The second kappa shape index (κ2) is 21.6. The third kappa shape index (κ3) is 12.9. The number of anilines is 2. The number of benzene rings is 4. The molecular weight excluding hydrogens is 898 g/mol. The van der Waals surface area contributed by atoms with Crippen LogP contribution in [0.4, 0.5) is 25.1 Å². The Bertz CT molecular complexity index is 3030. The standard InChI is InChI=1S/C31H37ClN6O3.C19H11ClF2N2O.CH4/c1-31(2,3)41-30(40)35-24-10-7-19(8-11-24)16-34-25-14-22(15-26-28(25)29(33)37-36-26)21-9-12-27(39)38(18-21)17-20-5-4-6-23(32)13-20;20-15-3-1-2-12(6-15)10-24-11-13(4-5-19(24)25)14-7-17(21)16(9-23)18(22)8-14;/h4-6,9,12-15,18-19,24,34H,7-8,10-11,16-17H2,1-3H3,(H,35,40)(H3,33,36,37);1-8,11H,10H2;1H4. The Hall–Kier alpha value is -6.95. The number of nitrogen functional groups attached to an aromatic ring is 1. The van der Waals surface area contributed by atoms with Crippen molar-refractivity contribution in [2.75, 3.05) is 17.6 Å². The summed E-state index contributed by atoms with van der Waals surface area (Å²) in [5.41, 5.74) is 10.8. The summed E-state index contributed by atoms with van der Waals surface area (Å²) in [6.07, 6.45) is 6.83. The minimum Gasteiger partial charge on any atom is -0.444 e. The number of rotatable bonds is 10. The van der Waals surface area contributed by atoms with Crippen molar-refractivity contribution in [2.24, 2.45) is 5.92 Å². The molecule has 1 amide bonds. The van der Waals surface area contributed by atoms with E-state index in [4.69, 9.17) is 38.9 Å².